The second-order valence-corrected chi connectivity index (χ2v) is 4.47. The fraction of sp³-hybridized carbons (Fsp3) is 0.400. The van der Waals surface area contributed by atoms with Crippen LogP contribution in [0.2, 0.25) is 0 Å². The van der Waals surface area contributed by atoms with E-state index in [4.69, 9.17) is 14.0 Å². The Morgan fingerprint density at radius 3 is 2.80 bits per heavy atom. The largest absolute Gasteiger partial charge is 0.497 e. The summed E-state index contributed by atoms with van der Waals surface area (Å²) in [6, 6.07) is 7.69. The van der Waals surface area contributed by atoms with Gasteiger partial charge in [0.05, 0.1) is 7.11 Å². The lowest BCUT2D eigenvalue weighted by atomic mass is 10.2. The second-order valence-electron chi connectivity index (χ2n) is 4.47. The van der Waals surface area contributed by atoms with E-state index in [-0.39, 0.29) is 0 Å². The number of aromatic nitrogens is 1. The first-order valence-electron chi connectivity index (χ1n) is 6.65. The van der Waals surface area contributed by atoms with Crippen molar-refractivity contribution in [3.8, 4) is 11.5 Å². The fourth-order valence-corrected chi connectivity index (χ4v) is 1.84. The molecule has 0 aliphatic rings. The van der Waals surface area contributed by atoms with Crippen molar-refractivity contribution in [2.24, 2.45) is 0 Å². The SMILES string of the molecule is CCNCc1ccc(OC)cc1OCc1cc(C)on1. The van der Waals surface area contributed by atoms with E-state index in [1.54, 1.807) is 7.11 Å². The van der Waals surface area contributed by atoms with Crippen molar-refractivity contribution < 1.29 is 14.0 Å². The van der Waals surface area contributed by atoms with Crippen LogP contribution in [0.5, 0.6) is 11.5 Å². The number of nitrogens with one attached hydrogen (secondary N) is 1. The highest BCUT2D eigenvalue weighted by atomic mass is 16.5. The van der Waals surface area contributed by atoms with E-state index in [1.165, 1.54) is 0 Å². The van der Waals surface area contributed by atoms with Gasteiger partial charge in [-0.15, -0.1) is 0 Å². The molecule has 0 aliphatic heterocycles. The van der Waals surface area contributed by atoms with Crippen LogP contribution in [0.15, 0.2) is 28.8 Å². The zero-order chi connectivity index (χ0) is 14.4. The molecule has 1 aromatic heterocycles. The number of hydrogen-bond donors (Lipinski definition) is 1. The molecular formula is C15H20N2O3. The minimum absolute atomic E-state index is 0.379. The van der Waals surface area contributed by atoms with Gasteiger partial charge in [-0.1, -0.05) is 18.1 Å². The molecule has 2 rings (SSSR count). The first-order chi connectivity index (χ1) is 9.72. The van der Waals surface area contributed by atoms with Crippen LogP contribution in [-0.2, 0) is 13.2 Å². The van der Waals surface area contributed by atoms with E-state index < -0.39 is 0 Å². The van der Waals surface area contributed by atoms with Crippen LogP contribution in [0.25, 0.3) is 0 Å². The third-order valence-electron chi connectivity index (χ3n) is 2.89. The molecule has 0 atom stereocenters. The normalized spacial score (nSPS) is 10.6. The van der Waals surface area contributed by atoms with Crippen molar-refractivity contribution in [3.05, 3.63) is 41.3 Å². The predicted octanol–water partition coefficient (Wildman–Crippen LogP) is 2.68. The molecule has 0 saturated heterocycles. The highest BCUT2D eigenvalue weighted by Gasteiger charge is 2.08. The Labute approximate surface area is 118 Å². The third kappa shape index (κ3) is 3.74. The van der Waals surface area contributed by atoms with Crippen molar-refractivity contribution >= 4 is 0 Å². The lowest BCUT2D eigenvalue weighted by molar-refractivity contribution is 0.283. The molecule has 2 aromatic rings. The summed E-state index contributed by atoms with van der Waals surface area (Å²) in [6.07, 6.45) is 0. The third-order valence-corrected chi connectivity index (χ3v) is 2.89. The monoisotopic (exact) mass is 276 g/mol. The van der Waals surface area contributed by atoms with Crippen molar-refractivity contribution in [2.45, 2.75) is 27.0 Å². The number of methoxy groups -OCH3 is 1. The van der Waals surface area contributed by atoms with Crippen LogP contribution >= 0.6 is 0 Å². The van der Waals surface area contributed by atoms with Gasteiger partial charge in [0.15, 0.2) is 0 Å². The van der Waals surface area contributed by atoms with Gasteiger partial charge in [-0.25, -0.2) is 0 Å². The molecule has 0 amide bonds. The van der Waals surface area contributed by atoms with Crippen LogP contribution in [0, 0.1) is 6.92 Å². The minimum atomic E-state index is 0.379. The Morgan fingerprint density at radius 2 is 2.15 bits per heavy atom. The van der Waals surface area contributed by atoms with Gasteiger partial charge in [-0.2, -0.15) is 0 Å². The van der Waals surface area contributed by atoms with Gasteiger partial charge in [0.1, 0.15) is 29.6 Å². The number of nitrogens with zero attached hydrogens (tertiary/aromatic N) is 1. The lowest BCUT2D eigenvalue weighted by Crippen LogP contribution is -2.13. The highest BCUT2D eigenvalue weighted by molar-refractivity contribution is 5.40. The van der Waals surface area contributed by atoms with E-state index in [9.17, 15) is 0 Å². The first-order valence-corrected chi connectivity index (χ1v) is 6.65. The van der Waals surface area contributed by atoms with Crippen LogP contribution in [0.1, 0.15) is 23.9 Å². The maximum Gasteiger partial charge on any atom is 0.134 e. The summed E-state index contributed by atoms with van der Waals surface area (Å²) in [5.74, 6) is 2.35. The maximum absolute atomic E-state index is 5.83. The van der Waals surface area contributed by atoms with Gasteiger partial charge < -0.3 is 19.3 Å². The van der Waals surface area contributed by atoms with Gasteiger partial charge >= 0.3 is 0 Å². The van der Waals surface area contributed by atoms with Gasteiger partial charge in [0.25, 0.3) is 0 Å². The summed E-state index contributed by atoms with van der Waals surface area (Å²) in [5, 5.41) is 7.21. The molecule has 108 valence electrons. The van der Waals surface area contributed by atoms with Gasteiger partial charge in [0.2, 0.25) is 0 Å². The number of rotatable bonds is 7. The van der Waals surface area contributed by atoms with Crippen LogP contribution in [-0.4, -0.2) is 18.8 Å². The smallest absolute Gasteiger partial charge is 0.134 e. The Morgan fingerprint density at radius 1 is 1.30 bits per heavy atom. The van der Waals surface area contributed by atoms with E-state index in [0.29, 0.717) is 6.61 Å². The first kappa shape index (κ1) is 14.4. The van der Waals surface area contributed by atoms with Gasteiger partial charge in [-0.3, -0.25) is 0 Å². The number of hydrogen-bond acceptors (Lipinski definition) is 5. The van der Waals surface area contributed by atoms with E-state index in [2.05, 4.69) is 17.4 Å². The lowest BCUT2D eigenvalue weighted by Gasteiger charge is -2.12. The molecule has 1 N–H and O–H groups in total. The topological polar surface area (TPSA) is 56.5 Å². The Bertz CT molecular complexity index is 552. The van der Waals surface area contributed by atoms with Crippen molar-refractivity contribution in [2.75, 3.05) is 13.7 Å². The standard InChI is InChI=1S/C15H20N2O3/c1-4-16-9-12-5-6-14(18-3)8-15(12)19-10-13-7-11(2)20-17-13/h5-8,16H,4,9-10H2,1-3H3. The number of aryl methyl sites for hydroxylation is 1. The summed E-state index contributed by atoms with van der Waals surface area (Å²) in [4.78, 5) is 0. The zero-order valence-corrected chi connectivity index (χ0v) is 12.1. The molecule has 0 radical (unpaired) electrons. The summed E-state index contributed by atoms with van der Waals surface area (Å²) in [6.45, 7) is 5.98. The van der Waals surface area contributed by atoms with Gasteiger partial charge in [0, 0.05) is 24.2 Å². The average Bonchev–Trinajstić information content (AvgIpc) is 2.89. The fourth-order valence-electron chi connectivity index (χ4n) is 1.84. The van der Waals surface area contributed by atoms with Crippen molar-refractivity contribution in [1.82, 2.24) is 10.5 Å². The Hall–Kier alpha value is -2.01. The van der Waals surface area contributed by atoms with Crippen LogP contribution in [0.3, 0.4) is 0 Å². The van der Waals surface area contributed by atoms with E-state index in [0.717, 1.165) is 41.6 Å². The average molecular weight is 276 g/mol. The molecule has 20 heavy (non-hydrogen) atoms. The van der Waals surface area contributed by atoms with E-state index >= 15 is 0 Å². The molecule has 0 bridgehead atoms. The maximum atomic E-state index is 5.83. The predicted molar refractivity (Wildman–Crippen MR) is 75.9 cm³/mol. The van der Waals surface area contributed by atoms with Gasteiger partial charge in [-0.05, 0) is 19.5 Å². The molecule has 0 aliphatic carbocycles. The van der Waals surface area contributed by atoms with Crippen LogP contribution < -0.4 is 14.8 Å². The molecular weight excluding hydrogens is 256 g/mol. The van der Waals surface area contributed by atoms with Crippen molar-refractivity contribution in [3.63, 3.8) is 0 Å². The molecule has 0 unspecified atom stereocenters. The minimum Gasteiger partial charge on any atom is -0.497 e. The molecule has 5 heteroatoms. The Balaban J connectivity index is 2.10. The second kappa shape index (κ2) is 6.96. The molecule has 0 fully saturated rings. The van der Waals surface area contributed by atoms with E-state index in [1.807, 2.05) is 31.2 Å². The van der Waals surface area contributed by atoms with Crippen LogP contribution in [0.4, 0.5) is 0 Å². The van der Waals surface area contributed by atoms with Crippen molar-refractivity contribution in [1.29, 1.82) is 0 Å². The summed E-state index contributed by atoms with van der Waals surface area (Å²) in [7, 11) is 1.64. The summed E-state index contributed by atoms with van der Waals surface area (Å²) < 4.78 is 16.1. The summed E-state index contributed by atoms with van der Waals surface area (Å²) in [5.41, 5.74) is 1.87. The molecule has 0 saturated carbocycles. The molecule has 5 nitrogen and oxygen atoms in total. The number of benzene rings is 1. The zero-order valence-electron chi connectivity index (χ0n) is 12.1. The molecule has 0 spiro atoms. The Kier molecular flexibility index (Phi) is 5.01. The molecule has 1 heterocycles. The molecule has 1 aromatic carbocycles. The highest BCUT2D eigenvalue weighted by Crippen LogP contribution is 2.25. The quantitative estimate of drug-likeness (QED) is 0.842. The number of ether oxygens (including phenoxy) is 2. The summed E-state index contributed by atoms with van der Waals surface area (Å²) >= 11 is 0.